The van der Waals surface area contributed by atoms with Crippen LogP contribution in [0.3, 0.4) is 0 Å². The molecule has 0 amide bonds. The van der Waals surface area contributed by atoms with E-state index in [1.165, 1.54) is 6.26 Å². The Labute approximate surface area is 457 Å². The zero-order valence-electron chi connectivity index (χ0n) is 44.4. The number of aromatic nitrogens is 6. The summed E-state index contributed by atoms with van der Waals surface area (Å²) in [5, 5.41) is 33.3. The van der Waals surface area contributed by atoms with Gasteiger partial charge in [-0.1, -0.05) is 13.8 Å². The van der Waals surface area contributed by atoms with Crippen molar-refractivity contribution in [2.24, 2.45) is 35.5 Å². The fourth-order valence-corrected chi connectivity index (χ4v) is 17.3. The molecule has 414 valence electrons. The van der Waals surface area contributed by atoms with Gasteiger partial charge in [-0.3, -0.25) is 0 Å². The molecule has 0 bridgehead atoms. The summed E-state index contributed by atoms with van der Waals surface area (Å²) in [5.74, 6) is 10.2. The minimum atomic E-state index is -2.94. The molecule has 12 rings (SSSR count). The highest BCUT2D eigenvalue weighted by molar-refractivity contribution is 7.91. The van der Waals surface area contributed by atoms with E-state index in [1.807, 2.05) is 43.7 Å². The first-order valence-electron chi connectivity index (χ1n) is 27.5. The van der Waals surface area contributed by atoms with E-state index in [1.54, 1.807) is 43.4 Å². The third kappa shape index (κ3) is 12.8. The van der Waals surface area contributed by atoms with Gasteiger partial charge in [-0.2, -0.15) is 0 Å². The third-order valence-electron chi connectivity index (χ3n) is 16.6. The molecule has 6 aromatic rings. The lowest BCUT2D eigenvalue weighted by molar-refractivity contribution is 0.336. The Morgan fingerprint density at radius 2 is 0.821 bits per heavy atom. The zero-order valence-corrected chi connectivity index (χ0v) is 46.9. The summed E-state index contributed by atoms with van der Waals surface area (Å²) in [5.41, 5.74) is 8.72. The summed E-state index contributed by atoms with van der Waals surface area (Å²) < 4.78 is 87.8. The molecule has 0 radical (unpaired) electrons. The Hall–Kier alpha value is -5.39. The van der Waals surface area contributed by atoms with Gasteiger partial charge in [-0.15, -0.1) is 0 Å². The van der Waals surface area contributed by atoms with Crippen molar-refractivity contribution in [3.8, 4) is 17.2 Å². The summed E-state index contributed by atoms with van der Waals surface area (Å²) in [7, 11) is -11.7. The molecular formula is C54H69B3N6O12S3. The van der Waals surface area contributed by atoms with Crippen molar-refractivity contribution < 1.29 is 54.3 Å². The van der Waals surface area contributed by atoms with E-state index >= 15 is 0 Å². The Morgan fingerprint density at radius 1 is 0.500 bits per heavy atom. The first kappa shape index (κ1) is 55.9. The van der Waals surface area contributed by atoms with Crippen LogP contribution in [0.2, 0.25) is 0 Å². The molecule has 18 nitrogen and oxygen atoms in total. The topological polar surface area (TPSA) is 277 Å². The van der Waals surface area contributed by atoms with E-state index in [0.717, 1.165) is 144 Å². The van der Waals surface area contributed by atoms with E-state index in [-0.39, 0.29) is 35.0 Å². The standard InChI is InChI=1S/C19H25BN2O4S.C18H23BN2O4S.C17H21BN2O4S/c1-2-9-27(24,25)12-13-3-5-14(6-4-13)16-10-20(23)26-17-11-22-19-15(18(16)17)7-8-21-19;1-2-26(23,24)11-12-3-5-13(6-4-12)15-9-19(22)25-16-10-21-18-14(17(15)16)7-8-20-18;1-25(22,23)10-11-2-4-12(5-3-11)14-8-18(21)24-15-9-20-17-13(16(14)15)6-7-19-17/h7-8,10-11,13-14,23H,2-6,9,12H2,1H3,(H,21,22);7-10,12-13,22H,2-6,11H2,1H3,(H,20,21);6-9,11-12,21H,2-5,10H2,1H3,(H,19,20). The summed E-state index contributed by atoms with van der Waals surface area (Å²) in [4.78, 5) is 22.4. The molecule has 3 aliphatic carbocycles. The number of aromatic amines is 3. The van der Waals surface area contributed by atoms with E-state index in [9.17, 15) is 40.3 Å². The van der Waals surface area contributed by atoms with Crippen LogP contribution >= 0.6 is 0 Å². The molecule has 6 aliphatic rings. The second kappa shape index (κ2) is 23.4. The number of hydrogen-bond acceptors (Lipinski definition) is 15. The Balaban J connectivity index is 0.000000132. The maximum Gasteiger partial charge on any atom is 0.552 e. The van der Waals surface area contributed by atoms with E-state index in [4.69, 9.17) is 14.0 Å². The smallest absolute Gasteiger partial charge is 0.531 e. The van der Waals surface area contributed by atoms with Gasteiger partial charge in [0.25, 0.3) is 0 Å². The summed E-state index contributed by atoms with van der Waals surface area (Å²) in [6.07, 6.45) is 23.5. The van der Waals surface area contributed by atoms with Crippen molar-refractivity contribution in [2.75, 3.05) is 35.0 Å². The molecule has 3 fully saturated rings. The van der Waals surface area contributed by atoms with Crippen LogP contribution in [0.1, 0.15) is 114 Å². The van der Waals surface area contributed by atoms with Gasteiger partial charge in [0.1, 0.15) is 53.9 Å². The molecule has 3 aliphatic heterocycles. The minimum Gasteiger partial charge on any atom is -0.531 e. The van der Waals surface area contributed by atoms with Crippen LogP contribution in [0, 0.1) is 35.5 Å². The Kier molecular flexibility index (Phi) is 16.8. The summed E-state index contributed by atoms with van der Waals surface area (Å²) in [6.45, 7) is 3.62. The Bertz CT molecular complexity index is 3580. The lowest BCUT2D eigenvalue weighted by Crippen LogP contribution is -2.28. The van der Waals surface area contributed by atoms with Crippen LogP contribution in [0.5, 0.6) is 17.2 Å². The molecule has 6 N–H and O–H groups in total. The van der Waals surface area contributed by atoms with Crippen molar-refractivity contribution in [1.29, 1.82) is 0 Å². The molecule has 0 unspecified atom stereocenters. The number of nitrogens with zero attached hydrogens (tertiary/aromatic N) is 3. The predicted octanol–water partition coefficient (Wildman–Crippen LogP) is 7.80. The van der Waals surface area contributed by atoms with Crippen LogP contribution in [0.4, 0.5) is 0 Å². The molecule has 0 saturated heterocycles. The van der Waals surface area contributed by atoms with Crippen molar-refractivity contribution in [3.63, 3.8) is 0 Å². The molecule has 24 heteroatoms. The highest BCUT2D eigenvalue weighted by Crippen LogP contribution is 2.48. The number of nitrogens with one attached hydrogen (secondary N) is 3. The molecule has 78 heavy (non-hydrogen) atoms. The number of H-pyrrole nitrogens is 3. The molecule has 0 aromatic carbocycles. The minimum absolute atomic E-state index is 0.216. The van der Waals surface area contributed by atoms with Crippen molar-refractivity contribution in [1.82, 2.24) is 29.9 Å². The summed E-state index contributed by atoms with van der Waals surface area (Å²) in [6, 6.07) is 5.94. The Morgan fingerprint density at radius 3 is 1.13 bits per heavy atom. The molecule has 3 saturated carbocycles. The number of rotatable bonds is 12. The maximum absolute atomic E-state index is 12.1. The van der Waals surface area contributed by atoms with Crippen molar-refractivity contribution in [2.45, 2.75) is 97.3 Å². The van der Waals surface area contributed by atoms with Crippen LogP contribution < -0.4 is 14.0 Å². The van der Waals surface area contributed by atoms with Crippen molar-refractivity contribution in [3.05, 3.63) is 90.0 Å². The molecule has 6 aromatic heterocycles. The van der Waals surface area contributed by atoms with Gasteiger partial charge in [0.2, 0.25) is 0 Å². The number of hydrogen-bond donors (Lipinski definition) is 6. The van der Waals surface area contributed by atoms with E-state index < -0.39 is 50.9 Å². The van der Waals surface area contributed by atoms with Gasteiger partial charge in [-0.05, 0) is 172 Å². The van der Waals surface area contributed by atoms with Crippen LogP contribution in [0.25, 0.3) is 49.8 Å². The first-order chi connectivity index (χ1) is 37.3. The van der Waals surface area contributed by atoms with Gasteiger partial charge >= 0.3 is 21.4 Å². The van der Waals surface area contributed by atoms with Gasteiger partial charge in [0, 0.05) is 69.2 Å². The average molecular weight is 1120 g/mol. The molecule has 9 heterocycles. The van der Waals surface area contributed by atoms with Crippen LogP contribution in [-0.4, -0.2) is 127 Å². The average Bonchev–Trinajstić information content (AvgIpc) is 4.28. The van der Waals surface area contributed by atoms with Crippen molar-refractivity contribution >= 4 is 101 Å². The monoisotopic (exact) mass is 1120 g/mol. The van der Waals surface area contributed by atoms with Crippen LogP contribution in [-0.2, 0) is 29.5 Å². The number of pyridine rings is 3. The van der Waals surface area contributed by atoms with Crippen LogP contribution in [0.15, 0.2) is 73.3 Å². The SMILES string of the molecule is CCCS(=O)(=O)CC1CCC(C2=CB(O)Oc3cnc4[nH]ccc4c32)CC1.CCS(=O)(=O)CC1CCC(C2=CB(O)Oc3cnc4[nH]ccc4c32)CC1.CS(=O)(=O)CC1CCC(C2=CB(O)Oc3cnc4[nH]ccc4c32)CC1. The highest BCUT2D eigenvalue weighted by atomic mass is 32.2. The van der Waals surface area contributed by atoms with Gasteiger partial charge < -0.3 is 44.0 Å². The second-order valence-corrected chi connectivity index (χ2v) is 29.0. The summed E-state index contributed by atoms with van der Waals surface area (Å²) >= 11 is 0. The zero-order chi connectivity index (χ0) is 54.9. The second-order valence-electron chi connectivity index (χ2n) is 22.2. The lowest BCUT2D eigenvalue weighted by atomic mass is 9.71. The number of sulfone groups is 3. The van der Waals surface area contributed by atoms with Gasteiger partial charge in [0.05, 0.1) is 35.8 Å². The highest BCUT2D eigenvalue weighted by Gasteiger charge is 2.37. The molecule has 0 atom stereocenters. The van der Waals surface area contributed by atoms with Gasteiger partial charge in [-0.25, -0.2) is 40.2 Å². The lowest BCUT2D eigenvalue weighted by Gasteiger charge is -2.32. The quantitative estimate of drug-likeness (QED) is 0.0638. The largest absolute Gasteiger partial charge is 0.552 e. The third-order valence-corrected chi connectivity index (χ3v) is 21.5. The number of allylic oxidation sites excluding steroid dienone is 3. The fraction of sp³-hybridized carbons (Fsp3) is 0.500. The normalized spacial score (nSPS) is 23.5. The first-order valence-corrected chi connectivity index (χ1v) is 33.2. The predicted molar refractivity (Wildman–Crippen MR) is 307 cm³/mol. The fourth-order valence-electron chi connectivity index (χ4n) is 12.9. The maximum atomic E-state index is 12.1. The van der Waals surface area contributed by atoms with Gasteiger partial charge in [0.15, 0.2) is 9.84 Å². The van der Waals surface area contributed by atoms with E-state index in [2.05, 4.69) is 29.9 Å². The molecule has 0 spiro atoms. The number of fused-ring (bicyclic) bond motifs is 9. The molecular weight excluding hydrogens is 1050 g/mol. The van der Waals surface area contributed by atoms with E-state index in [0.29, 0.717) is 52.9 Å².